The van der Waals surface area contributed by atoms with Crippen LogP contribution in [-0.2, 0) is 0 Å². The third kappa shape index (κ3) is 3.13. The Kier molecular flexibility index (Phi) is 4.34. The maximum Gasteiger partial charge on any atom is 0.219 e. The Bertz CT molecular complexity index is 1260. The lowest BCUT2D eigenvalue weighted by Gasteiger charge is -2.34. The summed E-state index contributed by atoms with van der Waals surface area (Å²) in [5.41, 5.74) is 8.36. The molecule has 9 nitrogen and oxygen atoms in total. The van der Waals surface area contributed by atoms with Gasteiger partial charge in [-0.15, -0.1) is 0 Å². The van der Waals surface area contributed by atoms with E-state index >= 15 is 0 Å². The fraction of sp³-hybridized carbons (Fsp3) is 0.150. The van der Waals surface area contributed by atoms with E-state index in [2.05, 4.69) is 21.1 Å². The molecule has 1 aliphatic rings. The maximum atomic E-state index is 9.01. The summed E-state index contributed by atoms with van der Waals surface area (Å²) in [7, 11) is 0. The van der Waals surface area contributed by atoms with Crippen LogP contribution in [0.2, 0.25) is 5.02 Å². The number of anilines is 1. The number of fused-ring (bicyclic) bond motifs is 1. The molecule has 4 aromatic rings. The Balaban J connectivity index is 1.48. The first kappa shape index (κ1) is 18.1. The normalized spacial score (nSPS) is 13.8. The van der Waals surface area contributed by atoms with Gasteiger partial charge >= 0.3 is 0 Å². The standard InChI is InChI=1S/C20H15ClN8O/c21-13-3-6-16(24-7-13)30-15-4-1-12(2-5-15)18-17-19(23)25-11-26-20(17)29(27-18)14-8-28(9-14)10-22/h1-7,11,14H,8-9H2,(H2,23,25,26). The van der Waals surface area contributed by atoms with Gasteiger partial charge in [0.05, 0.1) is 29.5 Å². The van der Waals surface area contributed by atoms with Crippen LogP contribution in [0.5, 0.6) is 11.6 Å². The zero-order chi connectivity index (χ0) is 20.7. The zero-order valence-corrected chi connectivity index (χ0v) is 16.4. The Morgan fingerprint density at radius 2 is 1.90 bits per heavy atom. The highest BCUT2D eigenvalue weighted by atomic mass is 35.5. The van der Waals surface area contributed by atoms with Crippen molar-refractivity contribution < 1.29 is 4.74 Å². The molecule has 1 fully saturated rings. The average Bonchev–Trinajstić information content (AvgIpc) is 3.10. The molecular weight excluding hydrogens is 404 g/mol. The molecule has 148 valence electrons. The summed E-state index contributed by atoms with van der Waals surface area (Å²) in [4.78, 5) is 14.3. The molecule has 4 heterocycles. The second kappa shape index (κ2) is 7.17. The molecule has 0 spiro atoms. The number of likely N-dealkylation sites (tertiary alicyclic amines) is 1. The molecule has 1 saturated heterocycles. The van der Waals surface area contributed by atoms with Crippen molar-refractivity contribution in [2.24, 2.45) is 0 Å². The first-order valence-electron chi connectivity index (χ1n) is 9.15. The quantitative estimate of drug-likeness (QED) is 0.501. The van der Waals surface area contributed by atoms with Crippen LogP contribution in [0.3, 0.4) is 0 Å². The molecule has 3 aromatic heterocycles. The number of nitrogens with zero attached hydrogens (tertiary/aromatic N) is 7. The maximum absolute atomic E-state index is 9.01. The van der Waals surface area contributed by atoms with E-state index in [1.165, 1.54) is 12.5 Å². The summed E-state index contributed by atoms with van der Waals surface area (Å²) in [6, 6.07) is 10.9. The van der Waals surface area contributed by atoms with E-state index in [1.54, 1.807) is 17.0 Å². The number of hydrogen-bond acceptors (Lipinski definition) is 8. The van der Waals surface area contributed by atoms with Gasteiger partial charge in [-0.05, 0) is 30.3 Å². The van der Waals surface area contributed by atoms with E-state index in [0.29, 0.717) is 52.3 Å². The van der Waals surface area contributed by atoms with Crippen LogP contribution in [0, 0.1) is 11.5 Å². The lowest BCUT2D eigenvalue weighted by Crippen LogP contribution is -2.44. The van der Waals surface area contributed by atoms with Crippen LogP contribution in [-0.4, -0.2) is 42.7 Å². The molecule has 0 unspecified atom stereocenters. The van der Waals surface area contributed by atoms with Crippen LogP contribution >= 0.6 is 11.6 Å². The Labute approximate surface area is 176 Å². The molecule has 5 rings (SSSR count). The molecular formula is C20H15ClN8O. The zero-order valence-electron chi connectivity index (χ0n) is 15.6. The van der Waals surface area contributed by atoms with Gasteiger partial charge in [-0.2, -0.15) is 10.4 Å². The SMILES string of the molecule is N#CN1CC(n2nc(-c3ccc(Oc4ccc(Cl)cn4)cc3)c3c(N)ncnc32)C1. The predicted octanol–water partition coefficient (Wildman–Crippen LogP) is 3.25. The summed E-state index contributed by atoms with van der Waals surface area (Å²) in [5, 5.41) is 15.0. The molecule has 0 atom stereocenters. The number of hydrogen-bond donors (Lipinski definition) is 1. The second-order valence-electron chi connectivity index (χ2n) is 6.85. The number of rotatable bonds is 4. The minimum atomic E-state index is 0.0637. The molecule has 0 radical (unpaired) electrons. The Morgan fingerprint density at radius 3 is 2.60 bits per heavy atom. The highest BCUT2D eigenvalue weighted by Crippen LogP contribution is 2.34. The number of nitriles is 1. The minimum Gasteiger partial charge on any atom is -0.439 e. The van der Waals surface area contributed by atoms with Crippen molar-refractivity contribution in [3.8, 4) is 29.1 Å². The average molecular weight is 419 g/mol. The van der Waals surface area contributed by atoms with E-state index in [9.17, 15) is 0 Å². The van der Waals surface area contributed by atoms with Gasteiger partial charge in [-0.3, -0.25) is 0 Å². The van der Waals surface area contributed by atoms with Crippen LogP contribution in [0.1, 0.15) is 6.04 Å². The molecule has 0 bridgehead atoms. The molecule has 10 heteroatoms. The van der Waals surface area contributed by atoms with Crippen molar-refractivity contribution in [2.45, 2.75) is 6.04 Å². The van der Waals surface area contributed by atoms with Crippen molar-refractivity contribution in [3.05, 3.63) is 53.9 Å². The summed E-state index contributed by atoms with van der Waals surface area (Å²) >= 11 is 5.85. The third-order valence-electron chi connectivity index (χ3n) is 4.92. The number of nitrogen functional groups attached to an aromatic ring is 1. The van der Waals surface area contributed by atoms with Crippen LogP contribution < -0.4 is 10.5 Å². The molecule has 30 heavy (non-hydrogen) atoms. The fourth-order valence-electron chi connectivity index (χ4n) is 3.37. The number of nitrogens with two attached hydrogens (primary N) is 1. The number of benzene rings is 1. The van der Waals surface area contributed by atoms with Gasteiger partial charge in [0.2, 0.25) is 5.88 Å². The first-order chi connectivity index (χ1) is 14.6. The number of ether oxygens (including phenoxy) is 1. The molecule has 1 aromatic carbocycles. The molecule has 0 saturated carbocycles. The van der Waals surface area contributed by atoms with E-state index in [1.807, 2.05) is 28.9 Å². The molecule has 2 N–H and O–H groups in total. The summed E-state index contributed by atoms with van der Waals surface area (Å²) in [6.45, 7) is 1.19. The van der Waals surface area contributed by atoms with E-state index in [0.717, 1.165) is 5.56 Å². The smallest absolute Gasteiger partial charge is 0.219 e. The minimum absolute atomic E-state index is 0.0637. The second-order valence-corrected chi connectivity index (χ2v) is 7.29. The van der Waals surface area contributed by atoms with Crippen molar-refractivity contribution >= 4 is 28.5 Å². The molecule has 0 amide bonds. The van der Waals surface area contributed by atoms with Crippen molar-refractivity contribution in [3.63, 3.8) is 0 Å². The largest absolute Gasteiger partial charge is 0.439 e. The van der Waals surface area contributed by atoms with Gasteiger partial charge < -0.3 is 15.4 Å². The monoisotopic (exact) mass is 418 g/mol. The van der Waals surface area contributed by atoms with Crippen molar-refractivity contribution in [2.75, 3.05) is 18.8 Å². The summed E-state index contributed by atoms with van der Waals surface area (Å²) in [5.74, 6) is 1.44. The van der Waals surface area contributed by atoms with Crippen molar-refractivity contribution in [1.29, 1.82) is 5.26 Å². The summed E-state index contributed by atoms with van der Waals surface area (Å²) < 4.78 is 7.58. The van der Waals surface area contributed by atoms with Crippen LogP contribution in [0.25, 0.3) is 22.3 Å². The topological polar surface area (TPSA) is 119 Å². The van der Waals surface area contributed by atoms with Gasteiger partial charge in [0.15, 0.2) is 11.8 Å². The fourth-order valence-corrected chi connectivity index (χ4v) is 3.48. The van der Waals surface area contributed by atoms with Crippen molar-refractivity contribution in [1.82, 2.24) is 29.6 Å². The van der Waals surface area contributed by atoms with E-state index < -0.39 is 0 Å². The molecule has 1 aliphatic heterocycles. The highest BCUT2D eigenvalue weighted by molar-refractivity contribution is 6.30. The number of pyridine rings is 1. The lowest BCUT2D eigenvalue weighted by molar-refractivity contribution is 0.168. The first-order valence-corrected chi connectivity index (χ1v) is 9.53. The highest BCUT2D eigenvalue weighted by Gasteiger charge is 2.31. The van der Waals surface area contributed by atoms with Gasteiger partial charge in [0.25, 0.3) is 0 Å². The van der Waals surface area contributed by atoms with Crippen LogP contribution in [0.15, 0.2) is 48.9 Å². The van der Waals surface area contributed by atoms with Gasteiger partial charge in [0, 0.05) is 17.8 Å². The predicted molar refractivity (Wildman–Crippen MR) is 111 cm³/mol. The third-order valence-corrected chi connectivity index (χ3v) is 5.14. The van der Waals surface area contributed by atoms with E-state index in [4.69, 9.17) is 32.4 Å². The lowest BCUT2D eigenvalue weighted by atomic mass is 10.1. The Morgan fingerprint density at radius 1 is 1.10 bits per heavy atom. The number of halogens is 1. The number of aromatic nitrogens is 5. The van der Waals surface area contributed by atoms with E-state index in [-0.39, 0.29) is 6.04 Å². The Hall–Kier alpha value is -3.90. The molecule has 0 aliphatic carbocycles. The van der Waals surface area contributed by atoms with Gasteiger partial charge in [-0.1, -0.05) is 11.6 Å². The van der Waals surface area contributed by atoms with Crippen LogP contribution in [0.4, 0.5) is 5.82 Å². The summed E-state index contributed by atoms with van der Waals surface area (Å²) in [6.07, 6.45) is 5.09. The van der Waals surface area contributed by atoms with Gasteiger partial charge in [0.1, 0.15) is 23.6 Å². The van der Waals surface area contributed by atoms with Gasteiger partial charge in [-0.25, -0.2) is 19.6 Å².